The van der Waals surface area contributed by atoms with Crippen molar-refractivity contribution in [3.05, 3.63) is 211 Å². The Kier molecular flexibility index (Phi) is 8.10. The number of fused-ring (bicyclic) bond motifs is 11. The number of anilines is 3. The smallest absolute Gasteiger partial charge is 0.137 e. The average Bonchev–Trinajstić information content (AvgIpc) is 3.81. The molecule has 12 rings (SSSR count). The standard InChI is InChI=1S/C58H45NO/c1-38-33-39-31-32-58(46(34-38)35-39)54-13-7-5-11-50(54)51-29-23-45(36-55(51)58)44-17-15-41(16-18-44)43-21-26-48(27-22-43)59(47-24-19-42(20-25-47)40-9-3-2-4-10-40)49-28-30-53-52-12-6-8-14-56(52)60-57(53)37-49/h2-30,34,36-39H,31-33,35H2,1H3. The lowest BCUT2D eigenvalue weighted by molar-refractivity contribution is 0.284. The van der Waals surface area contributed by atoms with E-state index in [9.17, 15) is 0 Å². The van der Waals surface area contributed by atoms with Crippen LogP contribution >= 0.6 is 0 Å². The summed E-state index contributed by atoms with van der Waals surface area (Å²) in [6.45, 7) is 2.42. The van der Waals surface area contributed by atoms with Crippen molar-refractivity contribution in [3.8, 4) is 44.5 Å². The Labute approximate surface area is 352 Å². The van der Waals surface area contributed by atoms with E-state index in [0.717, 1.165) is 44.9 Å². The molecule has 1 spiro atoms. The number of hydrogen-bond acceptors (Lipinski definition) is 2. The molecule has 2 bridgehead atoms. The predicted octanol–water partition coefficient (Wildman–Crippen LogP) is 16.1. The highest BCUT2D eigenvalue weighted by Crippen LogP contribution is 2.61. The van der Waals surface area contributed by atoms with Crippen molar-refractivity contribution < 1.29 is 4.42 Å². The van der Waals surface area contributed by atoms with E-state index < -0.39 is 0 Å². The Hall–Kier alpha value is -6.90. The van der Waals surface area contributed by atoms with Crippen molar-refractivity contribution in [3.63, 3.8) is 0 Å². The molecule has 1 saturated carbocycles. The molecule has 8 aromatic carbocycles. The molecule has 3 aliphatic carbocycles. The Balaban J connectivity index is 0.876. The molecule has 1 heterocycles. The number of hydrogen-bond donors (Lipinski definition) is 0. The van der Waals surface area contributed by atoms with Crippen LogP contribution in [0.3, 0.4) is 0 Å². The van der Waals surface area contributed by atoms with Gasteiger partial charge in [0.25, 0.3) is 0 Å². The average molecular weight is 772 g/mol. The molecule has 1 aromatic heterocycles. The van der Waals surface area contributed by atoms with Crippen LogP contribution in [0, 0.1) is 11.8 Å². The second kappa shape index (κ2) is 13.9. The molecule has 0 radical (unpaired) electrons. The summed E-state index contributed by atoms with van der Waals surface area (Å²) in [5.74, 6) is 1.48. The molecule has 60 heavy (non-hydrogen) atoms. The largest absolute Gasteiger partial charge is 0.456 e. The Morgan fingerprint density at radius 3 is 1.80 bits per heavy atom. The van der Waals surface area contributed by atoms with Crippen LogP contribution in [0.2, 0.25) is 0 Å². The summed E-state index contributed by atoms with van der Waals surface area (Å²) in [5, 5.41) is 2.26. The molecule has 2 nitrogen and oxygen atoms in total. The van der Waals surface area contributed by atoms with Gasteiger partial charge in [-0.3, -0.25) is 0 Å². The van der Waals surface area contributed by atoms with Crippen molar-refractivity contribution >= 4 is 39.0 Å². The van der Waals surface area contributed by atoms with E-state index in [2.05, 4.69) is 194 Å². The monoisotopic (exact) mass is 771 g/mol. The van der Waals surface area contributed by atoms with Crippen LogP contribution < -0.4 is 4.90 Å². The topological polar surface area (TPSA) is 16.4 Å². The van der Waals surface area contributed by atoms with E-state index in [1.807, 2.05) is 12.1 Å². The third kappa shape index (κ3) is 5.62. The van der Waals surface area contributed by atoms with Crippen LogP contribution in [-0.4, -0.2) is 0 Å². The molecule has 0 amide bonds. The van der Waals surface area contributed by atoms with Gasteiger partial charge < -0.3 is 9.32 Å². The van der Waals surface area contributed by atoms with Gasteiger partial charge in [-0.15, -0.1) is 0 Å². The van der Waals surface area contributed by atoms with Crippen molar-refractivity contribution in [2.75, 3.05) is 4.90 Å². The van der Waals surface area contributed by atoms with Gasteiger partial charge in [0.2, 0.25) is 0 Å². The van der Waals surface area contributed by atoms with Gasteiger partial charge in [-0.25, -0.2) is 0 Å². The molecule has 1 fully saturated rings. The first-order valence-corrected chi connectivity index (χ1v) is 21.6. The van der Waals surface area contributed by atoms with Crippen LogP contribution in [0.4, 0.5) is 17.1 Å². The van der Waals surface area contributed by atoms with Crippen molar-refractivity contribution in [2.45, 2.75) is 38.0 Å². The van der Waals surface area contributed by atoms with Gasteiger partial charge in [0, 0.05) is 39.3 Å². The highest BCUT2D eigenvalue weighted by Gasteiger charge is 2.49. The number of nitrogens with zero attached hydrogens (tertiary/aromatic N) is 1. The number of para-hydroxylation sites is 1. The van der Waals surface area contributed by atoms with E-state index in [1.165, 1.54) is 81.3 Å². The normalized spacial score (nSPS) is 19.0. The minimum Gasteiger partial charge on any atom is -0.456 e. The van der Waals surface area contributed by atoms with Gasteiger partial charge in [0.05, 0.1) is 0 Å². The maximum Gasteiger partial charge on any atom is 0.137 e. The summed E-state index contributed by atoms with van der Waals surface area (Å²) in [6.07, 6.45) is 7.73. The van der Waals surface area contributed by atoms with Crippen LogP contribution in [0.1, 0.15) is 43.7 Å². The van der Waals surface area contributed by atoms with E-state index >= 15 is 0 Å². The fraction of sp³-hybridized carbons (Fsp3) is 0.138. The van der Waals surface area contributed by atoms with Crippen LogP contribution in [0.25, 0.3) is 66.4 Å². The van der Waals surface area contributed by atoms with Crippen molar-refractivity contribution in [1.82, 2.24) is 0 Å². The summed E-state index contributed by atoms with van der Waals surface area (Å²) < 4.78 is 6.37. The second-order valence-corrected chi connectivity index (χ2v) is 17.4. The van der Waals surface area contributed by atoms with Gasteiger partial charge in [-0.05, 0) is 142 Å². The molecule has 288 valence electrons. The zero-order chi connectivity index (χ0) is 39.8. The molecular weight excluding hydrogens is 727 g/mol. The summed E-state index contributed by atoms with van der Waals surface area (Å²) in [6, 6.07) is 68.9. The predicted molar refractivity (Wildman–Crippen MR) is 250 cm³/mol. The first-order chi connectivity index (χ1) is 29.6. The molecule has 9 aromatic rings. The van der Waals surface area contributed by atoms with Crippen molar-refractivity contribution in [1.29, 1.82) is 0 Å². The third-order valence-electron chi connectivity index (χ3n) is 13.9. The molecule has 0 aliphatic heterocycles. The maximum absolute atomic E-state index is 6.37. The van der Waals surface area contributed by atoms with Crippen LogP contribution in [0.5, 0.6) is 0 Å². The summed E-state index contributed by atoms with van der Waals surface area (Å²) in [7, 11) is 0. The minimum atomic E-state index is 0.00440. The van der Waals surface area contributed by atoms with E-state index in [1.54, 1.807) is 5.57 Å². The number of benzene rings is 8. The molecule has 0 saturated heterocycles. The number of rotatable bonds is 6. The molecule has 2 heteroatoms. The first kappa shape index (κ1) is 35.1. The highest BCUT2D eigenvalue weighted by atomic mass is 16.3. The lowest BCUT2D eigenvalue weighted by Crippen LogP contribution is -2.36. The Morgan fingerprint density at radius 1 is 0.483 bits per heavy atom. The van der Waals surface area contributed by atoms with Gasteiger partial charge in [0.15, 0.2) is 0 Å². The second-order valence-electron chi connectivity index (χ2n) is 17.4. The molecular formula is C58H45NO. The number of furan rings is 1. The van der Waals surface area contributed by atoms with Gasteiger partial charge in [0.1, 0.15) is 11.2 Å². The van der Waals surface area contributed by atoms with Gasteiger partial charge >= 0.3 is 0 Å². The molecule has 3 aliphatic rings. The molecule has 3 atom stereocenters. The first-order valence-electron chi connectivity index (χ1n) is 21.6. The van der Waals surface area contributed by atoms with Crippen LogP contribution in [0.15, 0.2) is 204 Å². The van der Waals surface area contributed by atoms with Crippen LogP contribution in [-0.2, 0) is 5.41 Å². The summed E-state index contributed by atoms with van der Waals surface area (Å²) in [4.78, 5) is 2.32. The quantitative estimate of drug-likeness (QED) is 0.157. The Morgan fingerprint density at radius 2 is 1.05 bits per heavy atom. The van der Waals surface area contributed by atoms with Crippen molar-refractivity contribution in [2.24, 2.45) is 11.8 Å². The fourth-order valence-electron chi connectivity index (χ4n) is 11.1. The maximum atomic E-state index is 6.37. The Bertz CT molecular complexity index is 3100. The summed E-state index contributed by atoms with van der Waals surface area (Å²) >= 11 is 0. The SMILES string of the molecule is CC1C=C2CC(CCC23c2ccccc2-c2ccc(-c4ccc(-c5ccc(N(c6ccc(-c7ccccc7)cc6)c6ccc7c(c6)oc6ccccc67)cc5)cc4)cc23)C1. The van der Waals surface area contributed by atoms with E-state index in [-0.39, 0.29) is 5.41 Å². The fourth-order valence-corrected chi connectivity index (χ4v) is 11.1. The third-order valence-corrected chi connectivity index (χ3v) is 13.9. The zero-order valence-electron chi connectivity index (χ0n) is 33.8. The molecule has 3 unspecified atom stereocenters. The summed E-state index contributed by atoms with van der Waals surface area (Å²) in [5.41, 5.74) is 19.9. The highest BCUT2D eigenvalue weighted by molar-refractivity contribution is 6.06. The van der Waals surface area contributed by atoms with E-state index in [4.69, 9.17) is 4.42 Å². The van der Waals surface area contributed by atoms with Gasteiger partial charge in [-0.1, -0.05) is 152 Å². The lowest BCUT2D eigenvalue weighted by atomic mass is 9.58. The van der Waals surface area contributed by atoms with E-state index in [0.29, 0.717) is 5.92 Å². The molecule has 0 N–H and O–H groups in total. The number of allylic oxidation sites excluding steroid dienone is 2. The van der Waals surface area contributed by atoms with Gasteiger partial charge in [-0.2, -0.15) is 0 Å². The zero-order valence-corrected chi connectivity index (χ0v) is 33.8. The lowest BCUT2D eigenvalue weighted by Gasteiger charge is -2.45. The minimum absolute atomic E-state index is 0.00440.